The molecule has 0 heterocycles. The molecule has 0 bridgehead atoms. The molecule has 1 aromatic rings. The highest BCUT2D eigenvalue weighted by atomic mass is 16.5. The van der Waals surface area contributed by atoms with Crippen molar-refractivity contribution in [2.24, 2.45) is 5.73 Å². The van der Waals surface area contributed by atoms with E-state index in [1.807, 2.05) is 38.2 Å². The zero-order valence-corrected chi connectivity index (χ0v) is 13.3. The van der Waals surface area contributed by atoms with E-state index in [0.29, 0.717) is 19.6 Å². The fourth-order valence-electron chi connectivity index (χ4n) is 2.02. The molecule has 21 heavy (non-hydrogen) atoms. The lowest BCUT2D eigenvalue weighted by Crippen LogP contribution is -2.30. The summed E-state index contributed by atoms with van der Waals surface area (Å²) in [5.74, 6) is 1.04. The van der Waals surface area contributed by atoms with Crippen molar-refractivity contribution in [2.45, 2.75) is 39.0 Å². The lowest BCUT2D eigenvalue weighted by Gasteiger charge is -2.17. The van der Waals surface area contributed by atoms with Crippen LogP contribution in [0, 0.1) is 6.92 Å². The van der Waals surface area contributed by atoms with E-state index in [-0.39, 0.29) is 5.91 Å². The van der Waals surface area contributed by atoms with Gasteiger partial charge in [0.25, 0.3) is 0 Å². The maximum absolute atomic E-state index is 11.9. The van der Waals surface area contributed by atoms with Crippen molar-refractivity contribution in [3.05, 3.63) is 29.8 Å². The summed E-state index contributed by atoms with van der Waals surface area (Å²) in [6.45, 7) is 3.93. The molecule has 0 radical (unpaired) electrons. The Hall–Kier alpha value is -1.55. The Morgan fingerprint density at radius 1 is 1.14 bits per heavy atom. The van der Waals surface area contributed by atoms with Crippen LogP contribution in [0.1, 0.15) is 37.7 Å². The number of hydrogen-bond donors (Lipinski definition) is 1. The Balaban J connectivity index is 2.13. The minimum atomic E-state index is 0.190. The maximum Gasteiger partial charge on any atom is 0.222 e. The number of carbonyl (C=O) groups is 1. The van der Waals surface area contributed by atoms with Gasteiger partial charge in [-0.25, -0.2) is 0 Å². The van der Waals surface area contributed by atoms with Gasteiger partial charge >= 0.3 is 0 Å². The van der Waals surface area contributed by atoms with Crippen LogP contribution < -0.4 is 10.5 Å². The smallest absolute Gasteiger partial charge is 0.222 e. The molecule has 1 amide bonds. The highest BCUT2D eigenvalue weighted by Gasteiger charge is 2.08. The van der Waals surface area contributed by atoms with Gasteiger partial charge in [0.2, 0.25) is 5.91 Å². The van der Waals surface area contributed by atoms with E-state index in [2.05, 4.69) is 0 Å². The predicted molar refractivity (Wildman–Crippen MR) is 86.5 cm³/mol. The molecule has 1 aromatic carbocycles. The van der Waals surface area contributed by atoms with Gasteiger partial charge in [0.15, 0.2) is 0 Å². The molecule has 0 atom stereocenters. The Bertz CT molecular complexity index is 404. The molecular formula is C17H28N2O2. The van der Waals surface area contributed by atoms with Crippen molar-refractivity contribution in [3.63, 3.8) is 0 Å². The number of nitrogens with two attached hydrogens (primary N) is 1. The fourth-order valence-corrected chi connectivity index (χ4v) is 2.02. The van der Waals surface area contributed by atoms with Crippen molar-refractivity contribution in [2.75, 3.05) is 26.7 Å². The highest BCUT2D eigenvalue weighted by molar-refractivity contribution is 5.75. The number of nitrogens with zero attached hydrogens (tertiary/aromatic N) is 1. The molecule has 0 unspecified atom stereocenters. The molecule has 0 fully saturated rings. The number of hydrogen-bond acceptors (Lipinski definition) is 3. The Kier molecular flexibility index (Phi) is 8.51. The minimum absolute atomic E-state index is 0.190. The van der Waals surface area contributed by atoms with E-state index >= 15 is 0 Å². The molecule has 2 N–H and O–H groups in total. The van der Waals surface area contributed by atoms with Gasteiger partial charge in [-0.15, -0.1) is 0 Å². The third-order valence-corrected chi connectivity index (χ3v) is 3.49. The SMILES string of the molecule is Cc1ccc(OCCN(C)C(=O)CCCCCCN)cc1. The summed E-state index contributed by atoms with van der Waals surface area (Å²) >= 11 is 0. The summed E-state index contributed by atoms with van der Waals surface area (Å²) in [4.78, 5) is 13.7. The summed E-state index contributed by atoms with van der Waals surface area (Å²) in [5, 5.41) is 0. The van der Waals surface area contributed by atoms with E-state index < -0.39 is 0 Å². The van der Waals surface area contributed by atoms with Gasteiger partial charge < -0.3 is 15.4 Å². The number of carbonyl (C=O) groups excluding carboxylic acids is 1. The van der Waals surface area contributed by atoms with Gasteiger partial charge in [0, 0.05) is 13.5 Å². The first-order valence-corrected chi connectivity index (χ1v) is 7.77. The van der Waals surface area contributed by atoms with Crippen molar-refractivity contribution >= 4 is 5.91 Å². The minimum Gasteiger partial charge on any atom is -0.492 e. The van der Waals surface area contributed by atoms with Crippen LogP contribution in [-0.4, -0.2) is 37.6 Å². The summed E-state index contributed by atoms with van der Waals surface area (Å²) in [6, 6.07) is 7.94. The van der Waals surface area contributed by atoms with Crippen LogP contribution >= 0.6 is 0 Å². The summed E-state index contributed by atoms with van der Waals surface area (Å²) < 4.78 is 5.63. The van der Waals surface area contributed by atoms with Crippen LogP contribution in [-0.2, 0) is 4.79 Å². The molecule has 118 valence electrons. The predicted octanol–water partition coefficient (Wildman–Crippen LogP) is 2.74. The number of likely N-dealkylation sites (N-methyl/N-ethyl adjacent to an activating group) is 1. The van der Waals surface area contributed by atoms with Crippen LogP contribution in [0.4, 0.5) is 0 Å². The second-order valence-electron chi connectivity index (χ2n) is 5.43. The third kappa shape index (κ3) is 7.71. The molecule has 0 aliphatic heterocycles. The van der Waals surface area contributed by atoms with E-state index in [1.54, 1.807) is 4.90 Å². The van der Waals surface area contributed by atoms with E-state index in [1.165, 1.54) is 5.56 Å². The lowest BCUT2D eigenvalue weighted by atomic mass is 10.1. The van der Waals surface area contributed by atoms with Crippen molar-refractivity contribution in [1.29, 1.82) is 0 Å². The van der Waals surface area contributed by atoms with E-state index in [0.717, 1.165) is 38.0 Å². The Morgan fingerprint density at radius 3 is 2.48 bits per heavy atom. The molecular weight excluding hydrogens is 264 g/mol. The maximum atomic E-state index is 11.9. The van der Waals surface area contributed by atoms with Gasteiger partial charge in [0.1, 0.15) is 12.4 Å². The van der Waals surface area contributed by atoms with Gasteiger partial charge in [-0.2, -0.15) is 0 Å². The molecule has 0 spiro atoms. The molecule has 0 saturated heterocycles. The first-order valence-electron chi connectivity index (χ1n) is 7.77. The standard InChI is InChI=1S/C17H28N2O2/c1-15-8-10-16(11-9-15)21-14-13-19(2)17(20)7-5-3-4-6-12-18/h8-11H,3-7,12-14,18H2,1-2H3. The van der Waals surface area contributed by atoms with Crippen LogP contribution in [0.25, 0.3) is 0 Å². The molecule has 4 nitrogen and oxygen atoms in total. The van der Waals surface area contributed by atoms with Gasteiger partial charge in [-0.1, -0.05) is 30.5 Å². The molecule has 0 saturated carbocycles. The zero-order chi connectivity index (χ0) is 15.5. The third-order valence-electron chi connectivity index (χ3n) is 3.49. The van der Waals surface area contributed by atoms with Crippen LogP contribution in [0.15, 0.2) is 24.3 Å². The largest absolute Gasteiger partial charge is 0.492 e. The second kappa shape index (κ2) is 10.2. The Morgan fingerprint density at radius 2 is 1.81 bits per heavy atom. The molecule has 0 aromatic heterocycles. The van der Waals surface area contributed by atoms with E-state index in [4.69, 9.17) is 10.5 Å². The molecule has 0 aliphatic rings. The van der Waals surface area contributed by atoms with Gasteiger partial charge in [-0.3, -0.25) is 4.79 Å². The highest BCUT2D eigenvalue weighted by Crippen LogP contribution is 2.11. The normalized spacial score (nSPS) is 10.4. The van der Waals surface area contributed by atoms with Crippen molar-refractivity contribution in [3.8, 4) is 5.75 Å². The van der Waals surface area contributed by atoms with Crippen LogP contribution in [0.2, 0.25) is 0 Å². The van der Waals surface area contributed by atoms with Crippen LogP contribution in [0.5, 0.6) is 5.75 Å². The number of unbranched alkanes of at least 4 members (excludes halogenated alkanes) is 3. The van der Waals surface area contributed by atoms with Gasteiger partial charge in [0.05, 0.1) is 6.54 Å². The van der Waals surface area contributed by atoms with E-state index in [9.17, 15) is 4.79 Å². The number of amides is 1. The monoisotopic (exact) mass is 292 g/mol. The number of benzene rings is 1. The molecule has 4 heteroatoms. The zero-order valence-electron chi connectivity index (χ0n) is 13.3. The fraction of sp³-hybridized carbons (Fsp3) is 0.588. The lowest BCUT2D eigenvalue weighted by molar-refractivity contribution is -0.130. The second-order valence-corrected chi connectivity index (χ2v) is 5.43. The molecule has 0 aliphatic carbocycles. The number of rotatable bonds is 10. The summed E-state index contributed by atoms with van der Waals surface area (Å²) in [7, 11) is 1.83. The topological polar surface area (TPSA) is 55.6 Å². The summed E-state index contributed by atoms with van der Waals surface area (Å²) in [5.41, 5.74) is 6.65. The van der Waals surface area contributed by atoms with Crippen molar-refractivity contribution in [1.82, 2.24) is 4.90 Å². The Labute approximate surface area is 128 Å². The quantitative estimate of drug-likeness (QED) is 0.675. The first kappa shape index (κ1) is 17.5. The first-order chi connectivity index (χ1) is 10.1. The number of aryl methyl sites for hydroxylation is 1. The van der Waals surface area contributed by atoms with Gasteiger partial charge in [-0.05, 0) is 38.4 Å². The van der Waals surface area contributed by atoms with Crippen LogP contribution in [0.3, 0.4) is 0 Å². The molecule has 1 rings (SSSR count). The average Bonchev–Trinajstić information content (AvgIpc) is 2.48. The van der Waals surface area contributed by atoms with Crippen molar-refractivity contribution < 1.29 is 9.53 Å². The average molecular weight is 292 g/mol. The summed E-state index contributed by atoms with van der Waals surface area (Å²) in [6.07, 6.45) is 4.81. The number of ether oxygens (including phenoxy) is 1.